The van der Waals surface area contributed by atoms with E-state index < -0.39 is 0 Å². The Hall–Kier alpha value is -1.94. The Bertz CT molecular complexity index is 511. The Morgan fingerprint density at radius 1 is 1.29 bits per heavy atom. The Kier molecular flexibility index (Phi) is 3.35. The van der Waals surface area contributed by atoms with Crippen molar-refractivity contribution in [3.8, 4) is 17.0 Å². The fraction of sp³-hybridized carbons (Fsp3) is 0.154. The minimum Gasteiger partial charge on any atom is -0.481 e. The zero-order chi connectivity index (χ0) is 12.3. The lowest BCUT2D eigenvalue weighted by atomic mass is 10.1. The third-order valence-corrected chi connectivity index (χ3v) is 2.44. The summed E-state index contributed by atoms with van der Waals surface area (Å²) >= 11 is 0. The molecule has 1 aromatic carbocycles. The Morgan fingerprint density at radius 2 is 2.00 bits per heavy atom. The van der Waals surface area contributed by atoms with Gasteiger partial charge in [-0.15, -0.1) is 0 Å². The van der Waals surface area contributed by atoms with Crippen molar-refractivity contribution in [2.45, 2.75) is 6.61 Å². The second-order valence-corrected chi connectivity index (χ2v) is 3.57. The standard InChI is InChI=1S/C13H12FNO2/c1-17-13-12(6-9(8-16)7-15-13)10-2-4-11(14)5-3-10/h2-7,16H,8H2,1H3. The molecule has 1 heterocycles. The summed E-state index contributed by atoms with van der Waals surface area (Å²) in [6.07, 6.45) is 1.55. The first-order valence-corrected chi connectivity index (χ1v) is 5.14. The Balaban J connectivity index is 2.51. The molecule has 17 heavy (non-hydrogen) atoms. The van der Waals surface area contributed by atoms with Crippen molar-refractivity contribution >= 4 is 0 Å². The summed E-state index contributed by atoms with van der Waals surface area (Å²) < 4.78 is 18.0. The SMILES string of the molecule is COc1ncc(CO)cc1-c1ccc(F)cc1. The smallest absolute Gasteiger partial charge is 0.221 e. The van der Waals surface area contributed by atoms with Crippen LogP contribution in [0.1, 0.15) is 5.56 Å². The van der Waals surface area contributed by atoms with Gasteiger partial charge in [-0.2, -0.15) is 0 Å². The number of rotatable bonds is 3. The second-order valence-electron chi connectivity index (χ2n) is 3.57. The third-order valence-electron chi connectivity index (χ3n) is 2.44. The van der Waals surface area contributed by atoms with Crippen LogP contribution in [0.2, 0.25) is 0 Å². The highest BCUT2D eigenvalue weighted by Gasteiger charge is 2.08. The molecule has 2 rings (SSSR count). The first-order chi connectivity index (χ1) is 8.24. The molecular weight excluding hydrogens is 221 g/mol. The molecule has 88 valence electrons. The zero-order valence-corrected chi connectivity index (χ0v) is 9.35. The maximum Gasteiger partial charge on any atom is 0.221 e. The van der Waals surface area contributed by atoms with Crippen LogP contribution in [0.25, 0.3) is 11.1 Å². The van der Waals surface area contributed by atoms with Crippen LogP contribution in [0.4, 0.5) is 4.39 Å². The van der Waals surface area contributed by atoms with Crippen LogP contribution in [0.15, 0.2) is 36.5 Å². The molecule has 0 unspecified atom stereocenters. The predicted molar refractivity (Wildman–Crippen MR) is 62.1 cm³/mol. The highest BCUT2D eigenvalue weighted by atomic mass is 19.1. The number of nitrogens with zero attached hydrogens (tertiary/aromatic N) is 1. The minimum atomic E-state index is -0.293. The number of halogens is 1. The van der Waals surface area contributed by atoms with E-state index >= 15 is 0 Å². The van der Waals surface area contributed by atoms with Gasteiger partial charge in [0.2, 0.25) is 5.88 Å². The number of methoxy groups -OCH3 is 1. The molecule has 0 saturated heterocycles. The molecule has 0 aliphatic rings. The van der Waals surface area contributed by atoms with Gasteiger partial charge < -0.3 is 9.84 Å². The van der Waals surface area contributed by atoms with Gasteiger partial charge in [0.15, 0.2) is 0 Å². The van der Waals surface area contributed by atoms with Crippen LogP contribution in [0.3, 0.4) is 0 Å². The number of hydrogen-bond donors (Lipinski definition) is 1. The fourth-order valence-corrected chi connectivity index (χ4v) is 1.58. The molecule has 0 spiro atoms. The van der Waals surface area contributed by atoms with E-state index in [1.165, 1.54) is 19.2 Å². The van der Waals surface area contributed by atoms with Crippen molar-refractivity contribution in [1.82, 2.24) is 4.98 Å². The van der Waals surface area contributed by atoms with E-state index in [-0.39, 0.29) is 12.4 Å². The predicted octanol–water partition coefficient (Wildman–Crippen LogP) is 2.39. The van der Waals surface area contributed by atoms with Gasteiger partial charge in [-0.3, -0.25) is 0 Å². The van der Waals surface area contributed by atoms with E-state index in [4.69, 9.17) is 9.84 Å². The van der Waals surface area contributed by atoms with Gasteiger partial charge >= 0.3 is 0 Å². The van der Waals surface area contributed by atoms with Crippen molar-refractivity contribution in [2.75, 3.05) is 7.11 Å². The van der Waals surface area contributed by atoms with Gasteiger partial charge in [-0.1, -0.05) is 12.1 Å². The number of aliphatic hydroxyl groups is 1. The van der Waals surface area contributed by atoms with Crippen molar-refractivity contribution in [3.63, 3.8) is 0 Å². The highest BCUT2D eigenvalue weighted by molar-refractivity contribution is 5.69. The van der Waals surface area contributed by atoms with Crippen molar-refractivity contribution < 1.29 is 14.2 Å². The number of ether oxygens (including phenoxy) is 1. The molecule has 1 aromatic heterocycles. The average molecular weight is 233 g/mol. The zero-order valence-electron chi connectivity index (χ0n) is 9.35. The van der Waals surface area contributed by atoms with Crippen LogP contribution >= 0.6 is 0 Å². The fourth-order valence-electron chi connectivity index (χ4n) is 1.58. The topological polar surface area (TPSA) is 42.4 Å². The molecule has 1 N–H and O–H groups in total. The molecule has 0 amide bonds. The van der Waals surface area contributed by atoms with E-state index in [1.807, 2.05) is 0 Å². The molecule has 3 nitrogen and oxygen atoms in total. The average Bonchev–Trinajstić information content (AvgIpc) is 2.39. The number of benzene rings is 1. The first kappa shape index (κ1) is 11.5. The quantitative estimate of drug-likeness (QED) is 0.885. The van der Waals surface area contributed by atoms with Gasteiger partial charge in [0.25, 0.3) is 0 Å². The molecular formula is C13H12FNO2. The number of pyridine rings is 1. The largest absolute Gasteiger partial charge is 0.481 e. The van der Waals surface area contributed by atoms with E-state index in [0.717, 1.165) is 11.1 Å². The maximum absolute atomic E-state index is 12.8. The molecule has 0 bridgehead atoms. The van der Waals surface area contributed by atoms with Crippen LogP contribution in [0, 0.1) is 5.82 Å². The molecule has 0 saturated carbocycles. The summed E-state index contributed by atoms with van der Waals surface area (Å²) in [6.45, 7) is -0.0921. The van der Waals surface area contributed by atoms with Crippen LogP contribution in [-0.2, 0) is 6.61 Å². The summed E-state index contributed by atoms with van der Waals surface area (Å²) in [5, 5.41) is 9.08. The Labute approximate surface area is 98.5 Å². The summed E-state index contributed by atoms with van der Waals surface area (Å²) in [4.78, 5) is 4.09. The number of hydrogen-bond acceptors (Lipinski definition) is 3. The lowest BCUT2D eigenvalue weighted by Crippen LogP contribution is -1.94. The van der Waals surface area contributed by atoms with Gasteiger partial charge in [0, 0.05) is 11.8 Å². The Morgan fingerprint density at radius 3 is 2.59 bits per heavy atom. The molecule has 0 aliphatic heterocycles. The first-order valence-electron chi connectivity index (χ1n) is 5.14. The lowest BCUT2D eigenvalue weighted by molar-refractivity contribution is 0.281. The van der Waals surface area contributed by atoms with Crippen molar-refractivity contribution in [2.24, 2.45) is 0 Å². The van der Waals surface area contributed by atoms with E-state index in [2.05, 4.69) is 4.98 Å². The van der Waals surface area contributed by atoms with Crippen LogP contribution in [-0.4, -0.2) is 17.2 Å². The van der Waals surface area contributed by atoms with Crippen molar-refractivity contribution in [1.29, 1.82) is 0 Å². The van der Waals surface area contributed by atoms with Gasteiger partial charge in [0.05, 0.1) is 13.7 Å². The number of aliphatic hydroxyl groups excluding tert-OH is 1. The van der Waals surface area contributed by atoms with E-state index in [9.17, 15) is 4.39 Å². The summed E-state index contributed by atoms with van der Waals surface area (Å²) in [6, 6.07) is 7.83. The molecule has 0 atom stereocenters. The van der Waals surface area contributed by atoms with Gasteiger partial charge in [-0.05, 0) is 29.3 Å². The summed E-state index contributed by atoms with van der Waals surface area (Å²) in [7, 11) is 1.52. The molecule has 0 radical (unpaired) electrons. The van der Waals surface area contributed by atoms with Gasteiger partial charge in [-0.25, -0.2) is 9.37 Å². The van der Waals surface area contributed by atoms with Crippen LogP contribution in [0.5, 0.6) is 5.88 Å². The molecule has 4 heteroatoms. The highest BCUT2D eigenvalue weighted by Crippen LogP contribution is 2.28. The van der Waals surface area contributed by atoms with Crippen LogP contribution < -0.4 is 4.74 Å². The molecule has 0 aliphatic carbocycles. The summed E-state index contributed by atoms with van der Waals surface area (Å²) in [5.41, 5.74) is 2.22. The lowest BCUT2D eigenvalue weighted by Gasteiger charge is -2.08. The second kappa shape index (κ2) is 4.93. The monoisotopic (exact) mass is 233 g/mol. The normalized spacial score (nSPS) is 10.3. The van der Waals surface area contributed by atoms with E-state index in [0.29, 0.717) is 11.4 Å². The molecule has 2 aromatic rings. The van der Waals surface area contributed by atoms with E-state index in [1.54, 1.807) is 24.4 Å². The van der Waals surface area contributed by atoms with Crippen molar-refractivity contribution in [3.05, 3.63) is 47.9 Å². The third kappa shape index (κ3) is 2.42. The summed E-state index contributed by atoms with van der Waals surface area (Å²) in [5.74, 6) is 0.160. The number of aromatic nitrogens is 1. The minimum absolute atomic E-state index is 0.0921. The maximum atomic E-state index is 12.8. The molecule has 0 fully saturated rings. The van der Waals surface area contributed by atoms with Gasteiger partial charge in [0.1, 0.15) is 5.82 Å².